The van der Waals surface area contributed by atoms with Crippen LogP contribution in [0.2, 0.25) is 0 Å². The highest BCUT2D eigenvalue weighted by Gasteiger charge is 2.23. The zero-order chi connectivity index (χ0) is 42.6. The summed E-state index contributed by atoms with van der Waals surface area (Å²) in [6, 6.07) is 71.0. The Hall–Kier alpha value is -8.03. The van der Waals surface area contributed by atoms with Gasteiger partial charge in [0.15, 0.2) is 5.82 Å². The first-order valence-corrected chi connectivity index (χ1v) is 23.4. The minimum absolute atomic E-state index is 0.707. The normalized spacial score (nSPS) is 12.0. The molecule has 0 radical (unpaired) electrons. The van der Waals surface area contributed by atoms with Crippen molar-refractivity contribution in [1.82, 2.24) is 15.0 Å². The second-order valence-corrected chi connectivity index (χ2v) is 18.8. The van der Waals surface area contributed by atoms with Gasteiger partial charge < -0.3 is 4.42 Å². The molecule has 0 atom stereocenters. The smallest absolute Gasteiger partial charge is 0.161 e. The molecule has 0 aliphatic carbocycles. The number of pyridine rings is 1. The van der Waals surface area contributed by atoms with Gasteiger partial charge in [-0.15, -0.1) is 22.7 Å². The van der Waals surface area contributed by atoms with Gasteiger partial charge in [0.1, 0.15) is 11.2 Å². The Balaban J connectivity index is 0.999. The maximum Gasteiger partial charge on any atom is 0.161 e. The van der Waals surface area contributed by atoms with E-state index in [0.717, 1.165) is 94.1 Å². The van der Waals surface area contributed by atoms with Crippen molar-refractivity contribution in [3.05, 3.63) is 200 Å². The Morgan fingerprint density at radius 2 is 0.923 bits per heavy atom. The summed E-state index contributed by atoms with van der Waals surface area (Å²) in [4.78, 5) is 16.2. The molecule has 0 bridgehead atoms. The second kappa shape index (κ2) is 14.2. The summed E-state index contributed by atoms with van der Waals surface area (Å²) in [7, 11) is 0. The summed E-state index contributed by atoms with van der Waals surface area (Å²) in [6.45, 7) is 0. The lowest BCUT2D eigenvalue weighted by atomic mass is 9.91. The molecule has 0 aliphatic heterocycles. The topological polar surface area (TPSA) is 51.8 Å². The third-order valence-electron chi connectivity index (χ3n) is 12.9. The van der Waals surface area contributed by atoms with Crippen LogP contribution in [-0.4, -0.2) is 15.0 Å². The molecule has 0 saturated heterocycles. The number of hydrogen-bond donors (Lipinski definition) is 0. The van der Waals surface area contributed by atoms with Crippen LogP contribution in [0.5, 0.6) is 0 Å². The Morgan fingerprint density at radius 3 is 1.68 bits per heavy atom. The van der Waals surface area contributed by atoms with Crippen molar-refractivity contribution in [1.29, 1.82) is 0 Å². The highest BCUT2D eigenvalue weighted by molar-refractivity contribution is 7.26. The predicted molar refractivity (Wildman–Crippen MR) is 275 cm³/mol. The van der Waals surface area contributed by atoms with Gasteiger partial charge in [0, 0.05) is 95.1 Å². The second-order valence-electron chi connectivity index (χ2n) is 16.6. The maximum absolute atomic E-state index is 6.86. The molecule has 0 fully saturated rings. The van der Waals surface area contributed by atoms with Crippen LogP contribution in [0.4, 0.5) is 0 Å². The highest BCUT2D eigenvalue weighted by Crippen LogP contribution is 2.47. The molecule has 0 spiro atoms. The fraction of sp³-hybridized carbons (Fsp3) is 0. The number of furan rings is 1. The van der Waals surface area contributed by atoms with Gasteiger partial charge in [-0.2, -0.15) is 0 Å². The number of rotatable bonds is 5. The summed E-state index contributed by atoms with van der Waals surface area (Å²) in [5.41, 5.74) is 11.6. The average molecular weight is 864 g/mol. The lowest BCUT2D eigenvalue weighted by Crippen LogP contribution is -1.97. The molecule has 4 nitrogen and oxygen atoms in total. The lowest BCUT2D eigenvalue weighted by Gasteiger charge is -2.14. The minimum Gasteiger partial charge on any atom is -0.455 e. The van der Waals surface area contributed by atoms with E-state index in [2.05, 4.69) is 194 Å². The summed E-state index contributed by atoms with van der Waals surface area (Å²) >= 11 is 3.64. The monoisotopic (exact) mass is 863 g/mol. The van der Waals surface area contributed by atoms with Gasteiger partial charge in [-0.05, 0) is 54.1 Å². The molecule has 0 aliphatic rings. The molecule has 0 N–H and O–H groups in total. The average Bonchev–Trinajstić information content (AvgIpc) is 4.08. The number of nitrogens with zero attached hydrogens (tertiary/aromatic N) is 3. The molecule has 0 unspecified atom stereocenters. The molecule has 14 rings (SSSR count). The van der Waals surface area contributed by atoms with Crippen molar-refractivity contribution >= 4 is 107 Å². The van der Waals surface area contributed by atoms with Crippen molar-refractivity contribution in [3.63, 3.8) is 0 Å². The first kappa shape index (κ1) is 36.5. The summed E-state index contributed by atoms with van der Waals surface area (Å²) < 4.78 is 11.8. The van der Waals surface area contributed by atoms with Crippen LogP contribution >= 0.6 is 22.7 Å². The van der Waals surface area contributed by atoms with E-state index in [1.54, 1.807) is 0 Å². The first-order valence-electron chi connectivity index (χ1n) is 21.8. The molecule has 5 aromatic heterocycles. The number of fused-ring (bicyclic) bond motifs is 13. The largest absolute Gasteiger partial charge is 0.455 e. The standard InChI is InChI=1S/C59H33N3OS2/c1-2-14-36(15-3-1)57-44-32-43(58-56(39-17-5-9-23-48(39)63-58)55(44)37-16-4-8-22-45(37)60-57)34-28-30-35(31-29-34)46-33-47(38-20-12-26-51-53(38)40-18-6-10-24-49(40)64-51)62-59(61-46)42-21-13-27-52-54(42)41-19-7-11-25-50(41)65-52/h1-33H. The zero-order valence-electron chi connectivity index (χ0n) is 34.6. The number of thiophene rings is 2. The van der Waals surface area contributed by atoms with E-state index in [1.807, 2.05) is 28.7 Å². The van der Waals surface area contributed by atoms with E-state index >= 15 is 0 Å². The Morgan fingerprint density at radius 1 is 0.338 bits per heavy atom. The Bertz CT molecular complexity index is 4110. The first-order chi connectivity index (χ1) is 32.2. The minimum atomic E-state index is 0.707. The predicted octanol–water partition coefficient (Wildman–Crippen LogP) is 17.1. The van der Waals surface area contributed by atoms with Crippen LogP contribution in [0.3, 0.4) is 0 Å². The fourth-order valence-electron chi connectivity index (χ4n) is 9.98. The highest BCUT2D eigenvalue weighted by atomic mass is 32.1. The van der Waals surface area contributed by atoms with E-state index in [9.17, 15) is 0 Å². The summed E-state index contributed by atoms with van der Waals surface area (Å²) in [6.07, 6.45) is 0. The molecule has 14 aromatic rings. The molecule has 302 valence electrons. The molecule has 9 aromatic carbocycles. The van der Waals surface area contributed by atoms with E-state index in [-0.39, 0.29) is 0 Å². The van der Waals surface area contributed by atoms with Crippen LogP contribution in [0.15, 0.2) is 205 Å². The summed E-state index contributed by atoms with van der Waals surface area (Å²) in [5, 5.41) is 10.4. The van der Waals surface area contributed by atoms with E-state index < -0.39 is 0 Å². The summed E-state index contributed by atoms with van der Waals surface area (Å²) in [5.74, 6) is 0.707. The maximum atomic E-state index is 6.86. The molecular weight excluding hydrogens is 831 g/mol. The van der Waals surface area contributed by atoms with Crippen molar-refractivity contribution in [3.8, 4) is 56.3 Å². The number of benzene rings is 9. The third kappa shape index (κ3) is 5.64. The van der Waals surface area contributed by atoms with Crippen molar-refractivity contribution in [2.45, 2.75) is 0 Å². The zero-order valence-corrected chi connectivity index (χ0v) is 36.3. The third-order valence-corrected chi connectivity index (χ3v) is 15.2. The van der Waals surface area contributed by atoms with Crippen molar-refractivity contribution in [2.24, 2.45) is 0 Å². The SMILES string of the molecule is c1ccc(-c2nc3ccccc3c3c2cc(-c2ccc(-c4cc(-c5cccc6sc7ccccc7c56)nc(-c5cccc6sc7ccccc7c56)n4)cc2)c2oc4ccccc4c23)cc1. The quantitative estimate of drug-likeness (QED) is 0.162. The van der Waals surface area contributed by atoms with Gasteiger partial charge in [0.25, 0.3) is 0 Å². The van der Waals surface area contributed by atoms with Crippen LogP contribution in [0.25, 0.3) is 140 Å². The van der Waals surface area contributed by atoms with Crippen molar-refractivity contribution in [2.75, 3.05) is 0 Å². The number of hydrogen-bond acceptors (Lipinski definition) is 6. The van der Waals surface area contributed by atoms with Gasteiger partial charge in [-0.25, -0.2) is 15.0 Å². The van der Waals surface area contributed by atoms with Gasteiger partial charge in [0.05, 0.1) is 22.6 Å². The van der Waals surface area contributed by atoms with E-state index in [4.69, 9.17) is 19.4 Å². The van der Waals surface area contributed by atoms with E-state index in [1.165, 1.54) is 40.3 Å². The Labute approximate surface area is 380 Å². The molecule has 6 heteroatoms. The molecule has 65 heavy (non-hydrogen) atoms. The molecule has 0 amide bonds. The van der Waals surface area contributed by atoms with Crippen molar-refractivity contribution < 1.29 is 4.42 Å². The molecular formula is C59H33N3OS2. The fourth-order valence-corrected chi connectivity index (χ4v) is 12.2. The van der Waals surface area contributed by atoms with E-state index in [0.29, 0.717) is 5.82 Å². The molecule has 0 saturated carbocycles. The number of para-hydroxylation sites is 2. The Kier molecular flexibility index (Phi) is 7.99. The van der Waals surface area contributed by atoms with Gasteiger partial charge >= 0.3 is 0 Å². The van der Waals surface area contributed by atoms with Gasteiger partial charge in [-0.1, -0.05) is 152 Å². The van der Waals surface area contributed by atoms with Crippen LogP contribution in [0, 0.1) is 0 Å². The van der Waals surface area contributed by atoms with Gasteiger partial charge in [-0.3, -0.25) is 0 Å². The molecule has 5 heterocycles. The lowest BCUT2D eigenvalue weighted by molar-refractivity contribution is 0.670. The van der Waals surface area contributed by atoms with Crippen LogP contribution in [0.1, 0.15) is 0 Å². The van der Waals surface area contributed by atoms with Crippen LogP contribution < -0.4 is 0 Å². The van der Waals surface area contributed by atoms with Gasteiger partial charge in [0.2, 0.25) is 0 Å². The number of aromatic nitrogens is 3. The van der Waals surface area contributed by atoms with Crippen LogP contribution in [-0.2, 0) is 0 Å².